The molecule has 0 aliphatic rings. The van der Waals surface area contributed by atoms with Gasteiger partial charge in [-0.05, 0) is 32.0 Å². The first kappa shape index (κ1) is 10.1. The van der Waals surface area contributed by atoms with Gasteiger partial charge in [0.2, 0.25) is 0 Å². The topological polar surface area (TPSA) is 56.8 Å². The first-order valence-electron chi connectivity index (χ1n) is 4.28. The summed E-state index contributed by atoms with van der Waals surface area (Å²) in [5, 5.41) is 17.4. The number of hydrogen-bond acceptors (Lipinski definition) is 3. The Balaban J connectivity index is 3.05. The van der Waals surface area contributed by atoms with Crippen LogP contribution >= 0.6 is 0 Å². The van der Waals surface area contributed by atoms with Crippen LogP contribution in [-0.2, 0) is 0 Å². The monoisotopic (exact) mass is 186 g/mol. The highest BCUT2D eigenvalue weighted by molar-refractivity contribution is 5.49. The Morgan fingerprint density at radius 3 is 2.29 bits per heavy atom. The number of ether oxygens (including phenoxy) is 1. The Bertz CT molecular complexity index is 410. The van der Waals surface area contributed by atoms with Gasteiger partial charge in [0.25, 0.3) is 0 Å². The van der Waals surface area contributed by atoms with Gasteiger partial charge < -0.3 is 4.74 Å². The van der Waals surface area contributed by atoms with Gasteiger partial charge in [-0.2, -0.15) is 10.5 Å². The second-order valence-corrected chi connectivity index (χ2v) is 3.10. The van der Waals surface area contributed by atoms with Crippen molar-refractivity contribution in [2.24, 2.45) is 0 Å². The molecule has 0 unspecified atom stereocenters. The molecule has 0 radical (unpaired) electrons. The molecule has 3 nitrogen and oxygen atoms in total. The van der Waals surface area contributed by atoms with Gasteiger partial charge in [-0.15, -0.1) is 0 Å². The number of benzene rings is 1. The molecule has 0 spiro atoms. The average Bonchev–Trinajstić information content (AvgIpc) is 2.16. The lowest BCUT2D eigenvalue weighted by atomic mass is 10.1. The van der Waals surface area contributed by atoms with Gasteiger partial charge in [-0.1, -0.05) is 0 Å². The molecule has 0 fully saturated rings. The molecule has 0 heterocycles. The van der Waals surface area contributed by atoms with Crippen LogP contribution in [0.1, 0.15) is 25.0 Å². The lowest BCUT2D eigenvalue weighted by Gasteiger charge is -2.09. The van der Waals surface area contributed by atoms with Gasteiger partial charge in [0.05, 0.1) is 17.2 Å². The highest BCUT2D eigenvalue weighted by Crippen LogP contribution is 2.17. The first-order chi connectivity index (χ1) is 6.67. The molecule has 1 rings (SSSR count). The Morgan fingerprint density at radius 2 is 1.79 bits per heavy atom. The minimum absolute atomic E-state index is 0.0643. The van der Waals surface area contributed by atoms with Crippen molar-refractivity contribution >= 4 is 0 Å². The third kappa shape index (κ3) is 2.24. The van der Waals surface area contributed by atoms with E-state index < -0.39 is 0 Å². The van der Waals surface area contributed by atoms with E-state index in [0.29, 0.717) is 16.9 Å². The number of hydrogen-bond donors (Lipinski definition) is 0. The molecule has 0 aromatic heterocycles. The molecule has 0 aliphatic heterocycles. The first-order valence-corrected chi connectivity index (χ1v) is 4.28. The van der Waals surface area contributed by atoms with Crippen molar-refractivity contribution in [2.75, 3.05) is 0 Å². The predicted octanol–water partition coefficient (Wildman–Crippen LogP) is 2.22. The van der Waals surface area contributed by atoms with Crippen LogP contribution in [0.25, 0.3) is 0 Å². The molecule has 1 aromatic carbocycles. The Kier molecular flexibility index (Phi) is 3.09. The summed E-state index contributed by atoms with van der Waals surface area (Å²) in [6.45, 7) is 3.81. The van der Waals surface area contributed by atoms with Crippen LogP contribution in [-0.4, -0.2) is 6.10 Å². The van der Waals surface area contributed by atoms with E-state index in [9.17, 15) is 0 Å². The third-order valence-electron chi connectivity index (χ3n) is 1.60. The zero-order valence-electron chi connectivity index (χ0n) is 8.11. The van der Waals surface area contributed by atoms with E-state index in [1.165, 1.54) is 0 Å². The maximum absolute atomic E-state index is 8.75. The fourth-order valence-electron chi connectivity index (χ4n) is 1.06. The molecular formula is C11H10N2O. The zero-order chi connectivity index (χ0) is 10.6. The summed E-state index contributed by atoms with van der Waals surface area (Å²) >= 11 is 0. The second-order valence-electron chi connectivity index (χ2n) is 3.10. The summed E-state index contributed by atoms with van der Waals surface area (Å²) in [4.78, 5) is 0. The summed E-state index contributed by atoms with van der Waals surface area (Å²) in [5.41, 5.74) is 0.731. The van der Waals surface area contributed by atoms with Crippen molar-refractivity contribution in [3.8, 4) is 17.9 Å². The molecule has 0 atom stereocenters. The van der Waals surface area contributed by atoms with E-state index in [1.807, 2.05) is 26.0 Å². The van der Waals surface area contributed by atoms with Gasteiger partial charge in [0, 0.05) is 0 Å². The van der Waals surface area contributed by atoms with Crippen molar-refractivity contribution in [3.05, 3.63) is 29.3 Å². The Morgan fingerprint density at radius 1 is 1.14 bits per heavy atom. The molecule has 0 N–H and O–H groups in total. The van der Waals surface area contributed by atoms with Crippen molar-refractivity contribution in [1.82, 2.24) is 0 Å². The van der Waals surface area contributed by atoms with E-state index in [-0.39, 0.29) is 6.10 Å². The predicted molar refractivity (Wildman–Crippen MR) is 51.6 cm³/mol. The molecule has 14 heavy (non-hydrogen) atoms. The summed E-state index contributed by atoms with van der Waals surface area (Å²) in [6.07, 6.45) is 0.0643. The molecule has 0 saturated carbocycles. The molecular weight excluding hydrogens is 176 g/mol. The number of rotatable bonds is 2. The summed E-state index contributed by atoms with van der Waals surface area (Å²) in [7, 11) is 0. The largest absolute Gasteiger partial charge is 0.491 e. The fourth-order valence-corrected chi connectivity index (χ4v) is 1.06. The van der Waals surface area contributed by atoms with Crippen LogP contribution in [0.5, 0.6) is 5.75 Å². The summed E-state index contributed by atoms with van der Waals surface area (Å²) in [5.74, 6) is 0.621. The van der Waals surface area contributed by atoms with Crippen LogP contribution < -0.4 is 4.74 Å². The number of nitrogens with zero attached hydrogens (tertiary/aromatic N) is 2. The minimum atomic E-state index is 0.0643. The average molecular weight is 186 g/mol. The zero-order valence-corrected chi connectivity index (χ0v) is 8.11. The van der Waals surface area contributed by atoms with Crippen LogP contribution in [0.15, 0.2) is 18.2 Å². The van der Waals surface area contributed by atoms with Crippen molar-refractivity contribution in [1.29, 1.82) is 10.5 Å². The van der Waals surface area contributed by atoms with E-state index >= 15 is 0 Å². The van der Waals surface area contributed by atoms with Crippen LogP contribution in [0.2, 0.25) is 0 Å². The molecule has 3 heteroatoms. The maximum Gasteiger partial charge on any atom is 0.121 e. The normalized spacial score (nSPS) is 9.21. The lowest BCUT2D eigenvalue weighted by Crippen LogP contribution is -2.05. The second kappa shape index (κ2) is 4.30. The van der Waals surface area contributed by atoms with E-state index in [4.69, 9.17) is 15.3 Å². The molecule has 0 saturated heterocycles. The van der Waals surface area contributed by atoms with Gasteiger partial charge in [0.15, 0.2) is 0 Å². The maximum atomic E-state index is 8.75. The van der Waals surface area contributed by atoms with Gasteiger partial charge >= 0.3 is 0 Å². The lowest BCUT2D eigenvalue weighted by molar-refractivity contribution is 0.242. The van der Waals surface area contributed by atoms with Gasteiger partial charge in [-0.3, -0.25) is 0 Å². The van der Waals surface area contributed by atoms with Crippen LogP contribution in [0.4, 0.5) is 0 Å². The highest BCUT2D eigenvalue weighted by atomic mass is 16.5. The van der Waals surface area contributed by atoms with E-state index in [1.54, 1.807) is 18.2 Å². The Labute approximate surface area is 83.2 Å². The third-order valence-corrected chi connectivity index (χ3v) is 1.60. The van der Waals surface area contributed by atoms with Crippen LogP contribution in [0, 0.1) is 22.7 Å². The number of nitriles is 2. The molecule has 70 valence electrons. The highest BCUT2D eigenvalue weighted by Gasteiger charge is 2.04. The van der Waals surface area contributed by atoms with Crippen molar-refractivity contribution < 1.29 is 4.74 Å². The smallest absolute Gasteiger partial charge is 0.121 e. The van der Waals surface area contributed by atoms with Gasteiger partial charge in [-0.25, -0.2) is 0 Å². The fraction of sp³-hybridized carbons (Fsp3) is 0.273. The minimum Gasteiger partial charge on any atom is -0.491 e. The molecule has 0 bridgehead atoms. The van der Waals surface area contributed by atoms with Crippen molar-refractivity contribution in [3.63, 3.8) is 0 Å². The van der Waals surface area contributed by atoms with Crippen molar-refractivity contribution in [2.45, 2.75) is 20.0 Å². The summed E-state index contributed by atoms with van der Waals surface area (Å²) in [6, 6.07) is 8.78. The molecule has 1 aromatic rings. The SMILES string of the molecule is CC(C)Oc1ccc(C#N)c(C#N)c1. The Hall–Kier alpha value is -2.00. The standard InChI is InChI=1S/C11H10N2O/c1-8(2)14-11-4-3-9(6-12)10(5-11)7-13/h3-5,8H,1-2H3. The van der Waals surface area contributed by atoms with E-state index in [2.05, 4.69) is 0 Å². The summed E-state index contributed by atoms with van der Waals surface area (Å²) < 4.78 is 5.40. The van der Waals surface area contributed by atoms with E-state index in [0.717, 1.165) is 0 Å². The molecule has 0 aliphatic carbocycles. The van der Waals surface area contributed by atoms with Gasteiger partial charge in [0.1, 0.15) is 17.9 Å². The van der Waals surface area contributed by atoms with Crippen LogP contribution in [0.3, 0.4) is 0 Å². The molecule has 0 amide bonds. The quantitative estimate of drug-likeness (QED) is 0.711.